The minimum atomic E-state index is 0.0550. The molecule has 0 radical (unpaired) electrons. The monoisotopic (exact) mass is 271 g/mol. The lowest BCUT2D eigenvalue weighted by Gasteiger charge is -2.16. The number of furan rings is 1. The molecule has 0 N–H and O–H groups in total. The highest BCUT2D eigenvalue weighted by atomic mass is 16.3. The highest BCUT2D eigenvalue weighted by Gasteiger charge is 2.30. The maximum absolute atomic E-state index is 12.7. The fraction of sp³-hybridized carbons (Fsp3) is 0.333. The summed E-state index contributed by atoms with van der Waals surface area (Å²) in [5.41, 5.74) is 3.13. The van der Waals surface area contributed by atoms with Crippen LogP contribution in [0.1, 0.15) is 22.5 Å². The van der Waals surface area contributed by atoms with Crippen molar-refractivity contribution in [3.05, 3.63) is 41.4 Å². The molecule has 0 fully saturated rings. The van der Waals surface area contributed by atoms with E-state index < -0.39 is 0 Å². The van der Waals surface area contributed by atoms with Crippen LogP contribution < -0.4 is 0 Å². The lowest BCUT2D eigenvalue weighted by Crippen LogP contribution is -2.16. The largest absolute Gasteiger partial charge is 0.463 e. The zero-order chi connectivity index (χ0) is 14.3. The summed E-state index contributed by atoms with van der Waals surface area (Å²) in [5.74, 6) is 0.736. The smallest absolute Gasteiger partial charge is 0.194 e. The number of ketones is 1. The van der Waals surface area contributed by atoms with Crippen molar-refractivity contribution >= 4 is 5.78 Å². The summed E-state index contributed by atoms with van der Waals surface area (Å²) in [4.78, 5) is 14.6. The number of aryl methyl sites for hydroxylation is 2. The molecule has 0 atom stereocenters. The SMILES string of the molecule is CN(C)/C=C1\CCc2nn(C)c(-c3ccco3)c2C1=O. The third-order valence-corrected chi connectivity index (χ3v) is 3.44. The van der Waals surface area contributed by atoms with Crippen molar-refractivity contribution in [2.45, 2.75) is 12.8 Å². The molecule has 5 heteroatoms. The van der Waals surface area contributed by atoms with Gasteiger partial charge in [0.2, 0.25) is 0 Å². The fourth-order valence-electron chi connectivity index (χ4n) is 2.65. The first-order chi connectivity index (χ1) is 9.58. The highest BCUT2D eigenvalue weighted by Crippen LogP contribution is 2.33. The van der Waals surface area contributed by atoms with Gasteiger partial charge >= 0.3 is 0 Å². The third kappa shape index (κ3) is 1.95. The topological polar surface area (TPSA) is 51.3 Å². The Balaban J connectivity index is 2.14. The van der Waals surface area contributed by atoms with Gasteiger partial charge in [-0.1, -0.05) is 0 Å². The van der Waals surface area contributed by atoms with Crippen LogP contribution in [0.2, 0.25) is 0 Å². The molecule has 0 aliphatic heterocycles. The lowest BCUT2D eigenvalue weighted by molar-refractivity contribution is 0.102. The Bertz CT molecular complexity index is 678. The molecular weight excluding hydrogens is 254 g/mol. The first-order valence-corrected chi connectivity index (χ1v) is 6.59. The second-order valence-electron chi connectivity index (χ2n) is 5.22. The molecule has 0 spiro atoms. The summed E-state index contributed by atoms with van der Waals surface area (Å²) < 4.78 is 7.18. The van der Waals surface area contributed by atoms with Gasteiger partial charge < -0.3 is 9.32 Å². The normalized spacial score (nSPS) is 16.6. The zero-order valence-electron chi connectivity index (χ0n) is 11.9. The van der Waals surface area contributed by atoms with Gasteiger partial charge in [-0.3, -0.25) is 9.48 Å². The molecule has 2 aromatic rings. The van der Waals surface area contributed by atoms with E-state index in [-0.39, 0.29) is 5.78 Å². The van der Waals surface area contributed by atoms with Crippen LogP contribution in [0.25, 0.3) is 11.5 Å². The first-order valence-electron chi connectivity index (χ1n) is 6.59. The van der Waals surface area contributed by atoms with E-state index in [4.69, 9.17) is 4.42 Å². The molecule has 20 heavy (non-hydrogen) atoms. The van der Waals surface area contributed by atoms with Gasteiger partial charge in [0, 0.05) is 32.9 Å². The van der Waals surface area contributed by atoms with E-state index in [0.717, 1.165) is 29.8 Å². The van der Waals surface area contributed by atoms with E-state index in [1.807, 2.05) is 44.4 Å². The van der Waals surface area contributed by atoms with Gasteiger partial charge in [-0.25, -0.2) is 0 Å². The second-order valence-corrected chi connectivity index (χ2v) is 5.22. The van der Waals surface area contributed by atoms with Crippen LogP contribution in [0.3, 0.4) is 0 Å². The Kier molecular flexibility index (Phi) is 2.97. The van der Waals surface area contributed by atoms with Crippen LogP contribution in [0, 0.1) is 0 Å². The summed E-state index contributed by atoms with van der Waals surface area (Å²) in [5, 5.41) is 4.47. The van der Waals surface area contributed by atoms with Gasteiger partial charge in [0.1, 0.15) is 5.69 Å². The van der Waals surface area contributed by atoms with Crippen molar-refractivity contribution in [2.24, 2.45) is 7.05 Å². The summed E-state index contributed by atoms with van der Waals surface area (Å²) in [7, 11) is 5.69. The number of hydrogen-bond donors (Lipinski definition) is 0. The standard InChI is InChI=1S/C15H17N3O2/c1-17(2)9-10-6-7-11-13(15(10)19)14(18(3)16-11)12-5-4-8-20-12/h4-5,8-9H,6-7H2,1-3H3/b10-9+. The quantitative estimate of drug-likeness (QED) is 0.786. The Hall–Kier alpha value is -2.30. The number of Topliss-reactive ketones (excluding diaryl/α,β-unsaturated/α-hetero) is 1. The number of carbonyl (C=O) groups excluding carboxylic acids is 1. The maximum atomic E-state index is 12.7. The van der Waals surface area contributed by atoms with E-state index in [1.165, 1.54) is 0 Å². The predicted octanol–water partition coefficient (Wildman–Crippen LogP) is 2.25. The summed E-state index contributed by atoms with van der Waals surface area (Å²) >= 11 is 0. The Morgan fingerprint density at radius 1 is 1.40 bits per heavy atom. The van der Waals surface area contributed by atoms with Crippen molar-refractivity contribution in [1.82, 2.24) is 14.7 Å². The number of fused-ring (bicyclic) bond motifs is 1. The van der Waals surface area contributed by atoms with Crippen molar-refractivity contribution in [3.8, 4) is 11.5 Å². The average Bonchev–Trinajstić information content (AvgIpc) is 2.99. The van der Waals surface area contributed by atoms with Gasteiger partial charge in [0.15, 0.2) is 11.5 Å². The number of allylic oxidation sites excluding steroid dienone is 1. The van der Waals surface area contributed by atoms with Gasteiger partial charge in [-0.05, 0) is 25.0 Å². The molecule has 2 aromatic heterocycles. The molecule has 2 heterocycles. The van der Waals surface area contributed by atoms with Crippen molar-refractivity contribution in [3.63, 3.8) is 0 Å². The second kappa shape index (κ2) is 4.67. The Labute approximate surface area is 117 Å². The van der Waals surface area contributed by atoms with Crippen LogP contribution in [0.5, 0.6) is 0 Å². The highest BCUT2D eigenvalue weighted by molar-refractivity contribution is 6.13. The summed E-state index contributed by atoms with van der Waals surface area (Å²) in [6.07, 6.45) is 5.02. The van der Waals surface area contributed by atoms with Crippen molar-refractivity contribution in [2.75, 3.05) is 14.1 Å². The minimum Gasteiger partial charge on any atom is -0.463 e. The molecular formula is C15H17N3O2. The Morgan fingerprint density at radius 3 is 2.85 bits per heavy atom. The van der Waals surface area contributed by atoms with E-state index in [9.17, 15) is 4.79 Å². The number of nitrogens with zero attached hydrogens (tertiary/aromatic N) is 3. The molecule has 0 saturated heterocycles. The molecule has 0 bridgehead atoms. The van der Waals surface area contributed by atoms with Crippen molar-refractivity contribution < 1.29 is 9.21 Å². The number of rotatable bonds is 2. The molecule has 0 saturated carbocycles. The summed E-state index contributed by atoms with van der Waals surface area (Å²) in [6.45, 7) is 0. The van der Waals surface area contributed by atoms with Gasteiger partial charge in [0.25, 0.3) is 0 Å². The molecule has 0 amide bonds. The number of carbonyl (C=O) groups is 1. The molecule has 1 aliphatic carbocycles. The Morgan fingerprint density at radius 2 is 2.20 bits per heavy atom. The van der Waals surface area contributed by atoms with Gasteiger partial charge in [-0.2, -0.15) is 5.10 Å². The van der Waals surface area contributed by atoms with Gasteiger partial charge in [-0.15, -0.1) is 0 Å². The fourth-order valence-corrected chi connectivity index (χ4v) is 2.65. The predicted molar refractivity (Wildman–Crippen MR) is 75.3 cm³/mol. The molecule has 5 nitrogen and oxygen atoms in total. The molecule has 1 aliphatic rings. The first kappa shape index (κ1) is 12.7. The molecule has 0 unspecified atom stereocenters. The van der Waals surface area contributed by atoms with Crippen LogP contribution in [0.15, 0.2) is 34.6 Å². The number of hydrogen-bond acceptors (Lipinski definition) is 4. The van der Waals surface area contributed by atoms with E-state index in [0.29, 0.717) is 11.3 Å². The third-order valence-electron chi connectivity index (χ3n) is 3.44. The molecule has 0 aromatic carbocycles. The zero-order valence-corrected chi connectivity index (χ0v) is 11.9. The van der Waals surface area contributed by atoms with E-state index in [1.54, 1.807) is 10.9 Å². The van der Waals surface area contributed by atoms with E-state index >= 15 is 0 Å². The van der Waals surface area contributed by atoms with Crippen LogP contribution in [0.4, 0.5) is 0 Å². The van der Waals surface area contributed by atoms with Crippen molar-refractivity contribution in [1.29, 1.82) is 0 Å². The molecule has 104 valence electrons. The summed E-state index contributed by atoms with van der Waals surface area (Å²) in [6, 6.07) is 3.67. The van der Waals surface area contributed by atoms with Gasteiger partial charge in [0.05, 0.1) is 17.5 Å². The van der Waals surface area contributed by atoms with Crippen LogP contribution in [-0.4, -0.2) is 34.6 Å². The van der Waals surface area contributed by atoms with Crippen LogP contribution >= 0.6 is 0 Å². The minimum absolute atomic E-state index is 0.0550. The molecule has 3 rings (SSSR count). The average molecular weight is 271 g/mol. The van der Waals surface area contributed by atoms with Crippen LogP contribution in [-0.2, 0) is 13.5 Å². The lowest BCUT2D eigenvalue weighted by atomic mass is 9.90. The van der Waals surface area contributed by atoms with E-state index in [2.05, 4.69) is 5.10 Å². The maximum Gasteiger partial charge on any atom is 0.194 e. The number of aromatic nitrogens is 2.